The number of urea groups is 1. The minimum absolute atomic E-state index is 0.241. The molecule has 0 radical (unpaired) electrons. The lowest BCUT2D eigenvalue weighted by Gasteiger charge is -2.00. The van der Waals surface area contributed by atoms with Crippen LogP contribution in [0.1, 0.15) is 6.92 Å². The number of thiazole rings is 1. The molecule has 0 spiro atoms. The average molecular weight is 248 g/mol. The maximum atomic E-state index is 11.3. The van der Waals surface area contributed by atoms with Crippen molar-refractivity contribution in [3.8, 4) is 11.4 Å². The highest BCUT2D eigenvalue weighted by atomic mass is 32.1. The third kappa shape index (κ3) is 3.01. The number of amides is 2. The number of anilines is 1. The van der Waals surface area contributed by atoms with Crippen LogP contribution in [0.2, 0.25) is 0 Å². The first-order valence-corrected chi connectivity index (χ1v) is 6.09. The van der Waals surface area contributed by atoms with E-state index < -0.39 is 0 Å². The smallest absolute Gasteiger partial charge is 0.321 e. The predicted octanol–water partition coefficient (Wildman–Crippen LogP) is 2.35. The fourth-order valence-electron chi connectivity index (χ4n) is 1.26. The van der Waals surface area contributed by atoms with Gasteiger partial charge in [-0.15, -0.1) is 11.3 Å². The van der Waals surface area contributed by atoms with Crippen LogP contribution < -0.4 is 10.6 Å². The third-order valence-electron chi connectivity index (χ3n) is 1.99. The van der Waals surface area contributed by atoms with E-state index in [1.54, 1.807) is 6.20 Å². The van der Waals surface area contributed by atoms with Crippen LogP contribution in [0.15, 0.2) is 29.8 Å². The molecule has 0 aliphatic heterocycles. The Hall–Kier alpha value is -1.95. The van der Waals surface area contributed by atoms with Crippen LogP contribution in [-0.2, 0) is 0 Å². The van der Waals surface area contributed by atoms with Gasteiger partial charge in [-0.3, -0.25) is 10.3 Å². The number of aromatic nitrogens is 2. The molecule has 2 aromatic rings. The van der Waals surface area contributed by atoms with Crippen LogP contribution in [0.5, 0.6) is 0 Å². The molecule has 2 heterocycles. The van der Waals surface area contributed by atoms with Gasteiger partial charge in [0.2, 0.25) is 0 Å². The molecule has 0 saturated carbocycles. The number of carbonyl (C=O) groups is 1. The summed E-state index contributed by atoms with van der Waals surface area (Å²) < 4.78 is 0. The normalized spacial score (nSPS) is 9.94. The number of hydrogen-bond donors (Lipinski definition) is 2. The van der Waals surface area contributed by atoms with Gasteiger partial charge in [-0.05, 0) is 19.1 Å². The molecular formula is C11H12N4OS. The van der Waals surface area contributed by atoms with E-state index in [4.69, 9.17) is 0 Å². The summed E-state index contributed by atoms with van der Waals surface area (Å²) in [5, 5.41) is 7.74. The highest BCUT2D eigenvalue weighted by Crippen LogP contribution is 2.22. The van der Waals surface area contributed by atoms with Crippen molar-refractivity contribution in [2.45, 2.75) is 6.92 Å². The average Bonchev–Trinajstić information content (AvgIpc) is 2.79. The summed E-state index contributed by atoms with van der Waals surface area (Å²) in [6, 6.07) is 5.39. The van der Waals surface area contributed by atoms with Crippen molar-refractivity contribution in [3.63, 3.8) is 0 Å². The summed E-state index contributed by atoms with van der Waals surface area (Å²) in [7, 11) is 0. The second-order valence-corrected chi connectivity index (χ2v) is 4.10. The number of hydrogen-bond acceptors (Lipinski definition) is 4. The van der Waals surface area contributed by atoms with Gasteiger partial charge >= 0.3 is 6.03 Å². The lowest BCUT2D eigenvalue weighted by Crippen LogP contribution is -2.28. The summed E-state index contributed by atoms with van der Waals surface area (Å²) in [5.41, 5.74) is 1.56. The maximum Gasteiger partial charge on any atom is 0.321 e. The number of pyridine rings is 1. The molecule has 2 N–H and O–H groups in total. The highest BCUT2D eigenvalue weighted by Gasteiger charge is 2.07. The zero-order valence-corrected chi connectivity index (χ0v) is 10.1. The minimum Gasteiger partial charge on any atom is -0.338 e. The van der Waals surface area contributed by atoms with Crippen LogP contribution >= 0.6 is 11.3 Å². The van der Waals surface area contributed by atoms with Gasteiger partial charge in [0.1, 0.15) is 5.69 Å². The molecule has 2 rings (SSSR count). The van der Waals surface area contributed by atoms with Crippen LogP contribution in [0.3, 0.4) is 0 Å². The first-order valence-electron chi connectivity index (χ1n) is 5.21. The maximum absolute atomic E-state index is 11.3. The molecule has 0 aliphatic carbocycles. The molecule has 0 atom stereocenters. The van der Waals surface area contributed by atoms with Crippen molar-refractivity contribution in [1.82, 2.24) is 15.3 Å². The van der Waals surface area contributed by atoms with Crippen molar-refractivity contribution >= 4 is 22.5 Å². The van der Waals surface area contributed by atoms with Crippen LogP contribution in [-0.4, -0.2) is 22.5 Å². The highest BCUT2D eigenvalue weighted by molar-refractivity contribution is 7.14. The quantitative estimate of drug-likeness (QED) is 0.876. The molecule has 0 fully saturated rings. The van der Waals surface area contributed by atoms with Gasteiger partial charge in [0.05, 0.1) is 5.69 Å². The van der Waals surface area contributed by atoms with Crippen LogP contribution in [0, 0.1) is 0 Å². The Morgan fingerprint density at radius 3 is 3.00 bits per heavy atom. The number of carbonyl (C=O) groups excluding carboxylic acids is 1. The molecule has 2 amide bonds. The van der Waals surface area contributed by atoms with Gasteiger partial charge in [-0.2, -0.15) is 0 Å². The fraction of sp³-hybridized carbons (Fsp3) is 0.182. The first-order chi connectivity index (χ1) is 8.29. The first kappa shape index (κ1) is 11.5. The summed E-state index contributed by atoms with van der Waals surface area (Å²) in [4.78, 5) is 19.8. The standard InChI is InChI=1S/C11H12N4OS/c1-2-12-10(16)15-11-14-9(7-17-11)8-5-3-4-6-13-8/h3-7H,2H2,1H3,(H2,12,14,15,16). The molecule has 5 nitrogen and oxygen atoms in total. The summed E-state index contributed by atoms with van der Waals surface area (Å²) in [5.74, 6) is 0. The van der Waals surface area contributed by atoms with E-state index in [0.29, 0.717) is 11.7 Å². The molecule has 88 valence electrons. The number of rotatable bonds is 3. The zero-order valence-electron chi connectivity index (χ0n) is 9.30. The van der Waals surface area contributed by atoms with E-state index in [1.165, 1.54) is 11.3 Å². The SMILES string of the molecule is CCNC(=O)Nc1nc(-c2ccccn2)cs1. The van der Waals surface area contributed by atoms with E-state index in [-0.39, 0.29) is 6.03 Å². The Balaban J connectivity index is 2.09. The fourth-order valence-corrected chi connectivity index (χ4v) is 1.96. The molecule has 0 aliphatic rings. The van der Waals surface area contributed by atoms with Crippen LogP contribution in [0.4, 0.5) is 9.93 Å². The monoisotopic (exact) mass is 248 g/mol. The number of nitrogens with zero attached hydrogens (tertiary/aromatic N) is 2. The van der Waals surface area contributed by atoms with Crippen molar-refractivity contribution < 1.29 is 4.79 Å². The number of nitrogens with one attached hydrogen (secondary N) is 2. The summed E-state index contributed by atoms with van der Waals surface area (Å²) in [6.07, 6.45) is 1.71. The molecule has 0 aromatic carbocycles. The van der Waals surface area contributed by atoms with Crippen molar-refractivity contribution in [3.05, 3.63) is 29.8 Å². The Labute approximate surface area is 103 Å². The van der Waals surface area contributed by atoms with Crippen molar-refractivity contribution in [1.29, 1.82) is 0 Å². The van der Waals surface area contributed by atoms with Gasteiger partial charge in [-0.25, -0.2) is 9.78 Å². The predicted molar refractivity (Wildman–Crippen MR) is 68.0 cm³/mol. The van der Waals surface area contributed by atoms with Gasteiger partial charge in [0, 0.05) is 18.1 Å². The molecule has 17 heavy (non-hydrogen) atoms. The van der Waals surface area contributed by atoms with E-state index in [1.807, 2.05) is 30.5 Å². The van der Waals surface area contributed by atoms with E-state index in [2.05, 4.69) is 20.6 Å². The largest absolute Gasteiger partial charge is 0.338 e. The lowest BCUT2D eigenvalue weighted by atomic mass is 10.3. The molecule has 0 unspecified atom stereocenters. The van der Waals surface area contributed by atoms with Gasteiger partial charge in [0.25, 0.3) is 0 Å². The van der Waals surface area contributed by atoms with Crippen molar-refractivity contribution in [2.75, 3.05) is 11.9 Å². The Kier molecular flexibility index (Phi) is 3.66. The van der Waals surface area contributed by atoms with E-state index in [9.17, 15) is 4.79 Å². The topological polar surface area (TPSA) is 66.9 Å². The van der Waals surface area contributed by atoms with E-state index in [0.717, 1.165) is 11.4 Å². The molecule has 0 saturated heterocycles. The second kappa shape index (κ2) is 5.40. The third-order valence-corrected chi connectivity index (χ3v) is 2.75. The van der Waals surface area contributed by atoms with E-state index >= 15 is 0 Å². The van der Waals surface area contributed by atoms with Crippen LogP contribution in [0.25, 0.3) is 11.4 Å². The summed E-state index contributed by atoms with van der Waals surface area (Å²) in [6.45, 7) is 2.45. The van der Waals surface area contributed by atoms with Gasteiger partial charge in [-0.1, -0.05) is 6.07 Å². The van der Waals surface area contributed by atoms with Crippen molar-refractivity contribution in [2.24, 2.45) is 0 Å². The lowest BCUT2D eigenvalue weighted by molar-refractivity contribution is 0.252. The Bertz CT molecular complexity index is 497. The Morgan fingerprint density at radius 1 is 1.41 bits per heavy atom. The minimum atomic E-state index is -0.241. The Morgan fingerprint density at radius 2 is 2.29 bits per heavy atom. The molecule has 2 aromatic heterocycles. The summed E-state index contributed by atoms with van der Waals surface area (Å²) >= 11 is 1.38. The van der Waals surface area contributed by atoms with Gasteiger partial charge in [0.15, 0.2) is 5.13 Å². The molecule has 0 bridgehead atoms. The van der Waals surface area contributed by atoms with Gasteiger partial charge < -0.3 is 5.32 Å². The zero-order chi connectivity index (χ0) is 12.1. The molecule has 6 heteroatoms. The molecular weight excluding hydrogens is 236 g/mol. The second-order valence-electron chi connectivity index (χ2n) is 3.24.